The van der Waals surface area contributed by atoms with E-state index in [4.69, 9.17) is 10.5 Å². The van der Waals surface area contributed by atoms with E-state index in [0.717, 1.165) is 8.95 Å². The van der Waals surface area contributed by atoms with Gasteiger partial charge in [0.15, 0.2) is 0 Å². The minimum absolute atomic E-state index is 0.00493. The van der Waals surface area contributed by atoms with Crippen LogP contribution in [0.4, 0.5) is 5.69 Å². The minimum Gasteiger partial charge on any atom is -0.370 e. The summed E-state index contributed by atoms with van der Waals surface area (Å²) < 4.78 is 6.66. The van der Waals surface area contributed by atoms with Gasteiger partial charge in [-0.25, -0.2) is 0 Å². The number of hydrogen-bond donors (Lipinski definition) is 2. The van der Waals surface area contributed by atoms with Gasteiger partial charge < -0.3 is 15.8 Å². The molecule has 1 aromatic rings. The van der Waals surface area contributed by atoms with Crippen molar-refractivity contribution >= 4 is 43.5 Å². The van der Waals surface area contributed by atoms with Gasteiger partial charge in [0.2, 0.25) is 5.91 Å². The van der Waals surface area contributed by atoms with E-state index in [1.165, 1.54) is 0 Å². The molecule has 0 aromatic heterocycles. The summed E-state index contributed by atoms with van der Waals surface area (Å²) in [6.07, 6.45) is 0. The van der Waals surface area contributed by atoms with Gasteiger partial charge >= 0.3 is 0 Å². The normalized spacial score (nSPS) is 10.2. The molecule has 1 aromatic carbocycles. The zero-order valence-electron chi connectivity index (χ0n) is 8.50. The van der Waals surface area contributed by atoms with Crippen molar-refractivity contribution in [3.63, 3.8) is 0 Å². The molecule has 0 aliphatic rings. The summed E-state index contributed by atoms with van der Waals surface area (Å²) in [6, 6.07) is 5.57. The molecular weight excluding hydrogens is 340 g/mol. The first-order chi connectivity index (χ1) is 7.65. The van der Waals surface area contributed by atoms with Gasteiger partial charge in [0, 0.05) is 15.5 Å². The average molecular weight is 352 g/mol. The molecule has 0 bridgehead atoms. The number of benzene rings is 1. The highest BCUT2D eigenvalue weighted by Crippen LogP contribution is 2.30. The second-order valence-corrected chi connectivity index (χ2v) is 4.69. The largest absolute Gasteiger partial charge is 0.370 e. The van der Waals surface area contributed by atoms with Gasteiger partial charge in [0.1, 0.15) is 6.61 Å². The fourth-order valence-electron chi connectivity index (χ4n) is 1.04. The van der Waals surface area contributed by atoms with Crippen molar-refractivity contribution in [1.82, 2.24) is 0 Å². The van der Waals surface area contributed by atoms with E-state index in [1.54, 1.807) is 0 Å². The van der Waals surface area contributed by atoms with Crippen molar-refractivity contribution in [2.45, 2.75) is 0 Å². The highest BCUT2D eigenvalue weighted by Gasteiger charge is 2.08. The molecule has 0 heterocycles. The van der Waals surface area contributed by atoms with Crippen molar-refractivity contribution in [2.75, 3.05) is 25.1 Å². The van der Waals surface area contributed by atoms with E-state index in [-0.39, 0.29) is 12.5 Å². The van der Waals surface area contributed by atoms with Crippen molar-refractivity contribution < 1.29 is 9.53 Å². The number of carbonyl (C=O) groups excluding carboxylic acids is 1. The first-order valence-corrected chi connectivity index (χ1v) is 6.25. The van der Waals surface area contributed by atoms with Crippen LogP contribution in [0.1, 0.15) is 0 Å². The Bertz CT molecular complexity index is 352. The number of ether oxygens (including phenoxy) is 1. The van der Waals surface area contributed by atoms with Crippen LogP contribution in [-0.2, 0) is 9.53 Å². The Labute approximate surface area is 111 Å². The van der Waals surface area contributed by atoms with E-state index in [0.29, 0.717) is 18.8 Å². The third kappa shape index (κ3) is 4.21. The van der Waals surface area contributed by atoms with E-state index >= 15 is 0 Å². The summed E-state index contributed by atoms with van der Waals surface area (Å²) in [5.74, 6) is -0.207. The molecule has 3 N–H and O–H groups in total. The Morgan fingerprint density at radius 3 is 2.56 bits per heavy atom. The molecule has 0 saturated heterocycles. The zero-order chi connectivity index (χ0) is 12.0. The molecule has 6 heteroatoms. The predicted octanol–water partition coefficient (Wildman–Crippen LogP) is 2.13. The zero-order valence-corrected chi connectivity index (χ0v) is 11.7. The van der Waals surface area contributed by atoms with Crippen molar-refractivity contribution in [3.8, 4) is 0 Å². The van der Waals surface area contributed by atoms with Crippen LogP contribution < -0.4 is 11.1 Å². The maximum atomic E-state index is 11.5. The molecule has 0 aliphatic carbocycles. The number of nitrogens with one attached hydrogen (secondary N) is 1. The summed E-state index contributed by atoms with van der Waals surface area (Å²) in [5, 5.41) is 2.74. The van der Waals surface area contributed by atoms with Crippen LogP contribution in [0.25, 0.3) is 0 Å². The van der Waals surface area contributed by atoms with Gasteiger partial charge in [-0.2, -0.15) is 0 Å². The van der Waals surface area contributed by atoms with Crippen LogP contribution in [-0.4, -0.2) is 25.7 Å². The number of para-hydroxylation sites is 1. The fraction of sp³-hybridized carbons (Fsp3) is 0.300. The average Bonchev–Trinajstić information content (AvgIpc) is 2.24. The van der Waals surface area contributed by atoms with Crippen LogP contribution in [0, 0.1) is 0 Å². The molecule has 4 nitrogen and oxygen atoms in total. The number of nitrogens with two attached hydrogens (primary N) is 1. The molecule has 0 atom stereocenters. The van der Waals surface area contributed by atoms with Crippen LogP contribution in [0.5, 0.6) is 0 Å². The van der Waals surface area contributed by atoms with Crippen molar-refractivity contribution in [1.29, 1.82) is 0 Å². The lowest BCUT2D eigenvalue weighted by atomic mass is 10.3. The minimum atomic E-state index is -0.207. The van der Waals surface area contributed by atoms with Crippen LogP contribution >= 0.6 is 31.9 Å². The molecule has 88 valence electrons. The van der Waals surface area contributed by atoms with E-state index < -0.39 is 0 Å². The second-order valence-electron chi connectivity index (χ2n) is 2.99. The van der Waals surface area contributed by atoms with Gasteiger partial charge in [-0.1, -0.05) is 6.07 Å². The SMILES string of the molecule is NCCOCC(=O)Nc1c(Br)cccc1Br. The lowest BCUT2D eigenvalue weighted by Crippen LogP contribution is -2.21. The number of halogens is 2. The summed E-state index contributed by atoms with van der Waals surface area (Å²) >= 11 is 6.70. The Kier molecular flexibility index (Phi) is 5.97. The number of rotatable bonds is 5. The third-order valence-corrected chi connectivity index (χ3v) is 3.04. The van der Waals surface area contributed by atoms with Gasteiger partial charge in [-0.15, -0.1) is 0 Å². The highest BCUT2D eigenvalue weighted by atomic mass is 79.9. The van der Waals surface area contributed by atoms with Gasteiger partial charge in [0.05, 0.1) is 12.3 Å². The lowest BCUT2D eigenvalue weighted by Gasteiger charge is -2.09. The highest BCUT2D eigenvalue weighted by molar-refractivity contribution is 9.11. The topological polar surface area (TPSA) is 64.3 Å². The van der Waals surface area contributed by atoms with Gasteiger partial charge in [-0.05, 0) is 44.0 Å². The number of hydrogen-bond acceptors (Lipinski definition) is 3. The third-order valence-electron chi connectivity index (χ3n) is 1.72. The maximum Gasteiger partial charge on any atom is 0.250 e. The molecule has 0 fully saturated rings. The first-order valence-electron chi connectivity index (χ1n) is 4.67. The number of carbonyl (C=O) groups is 1. The fourth-order valence-corrected chi connectivity index (χ4v) is 2.24. The lowest BCUT2D eigenvalue weighted by molar-refractivity contribution is -0.120. The molecule has 1 rings (SSSR count). The van der Waals surface area contributed by atoms with Crippen LogP contribution in [0.2, 0.25) is 0 Å². The van der Waals surface area contributed by atoms with Gasteiger partial charge in [0.25, 0.3) is 0 Å². The van der Waals surface area contributed by atoms with Crippen LogP contribution in [0.3, 0.4) is 0 Å². The van der Waals surface area contributed by atoms with E-state index in [9.17, 15) is 4.79 Å². The molecule has 0 aliphatic heterocycles. The molecule has 0 unspecified atom stereocenters. The first kappa shape index (κ1) is 13.6. The van der Waals surface area contributed by atoms with Crippen molar-refractivity contribution in [2.24, 2.45) is 5.73 Å². The quantitative estimate of drug-likeness (QED) is 0.798. The second kappa shape index (κ2) is 7.01. The maximum absolute atomic E-state index is 11.5. The molecule has 1 amide bonds. The molecule has 0 spiro atoms. The summed E-state index contributed by atoms with van der Waals surface area (Å²) in [6.45, 7) is 0.793. The standard InChI is InChI=1S/C10H12Br2N2O2/c11-7-2-1-3-8(12)10(7)14-9(15)6-16-5-4-13/h1-3H,4-6,13H2,(H,14,15). The molecule has 0 saturated carbocycles. The van der Waals surface area contributed by atoms with E-state index in [2.05, 4.69) is 37.2 Å². The summed E-state index contributed by atoms with van der Waals surface area (Å²) in [4.78, 5) is 11.5. The predicted molar refractivity (Wildman–Crippen MR) is 70.3 cm³/mol. The Balaban J connectivity index is 2.56. The van der Waals surface area contributed by atoms with Gasteiger partial charge in [-0.3, -0.25) is 4.79 Å². The Hall–Kier alpha value is -0.430. The Morgan fingerprint density at radius 1 is 1.38 bits per heavy atom. The summed E-state index contributed by atoms with van der Waals surface area (Å²) in [7, 11) is 0. The van der Waals surface area contributed by atoms with Crippen molar-refractivity contribution in [3.05, 3.63) is 27.1 Å². The Morgan fingerprint density at radius 2 is 2.00 bits per heavy atom. The van der Waals surface area contributed by atoms with E-state index in [1.807, 2.05) is 18.2 Å². The molecule has 16 heavy (non-hydrogen) atoms. The monoisotopic (exact) mass is 350 g/mol. The molecular formula is C10H12Br2N2O2. The number of anilines is 1. The summed E-state index contributed by atoms with van der Waals surface area (Å²) in [5.41, 5.74) is 5.94. The molecule has 0 radical (unpaired) electrons. The smallest absolute Gasteiger partial charge is 0.250 e. The number of amides is 1. The van der Waals surface area contributed by atoms with Crippen LogP contribution in [0.15, 0.2) is 27.1 Å².